The lowest BCUT2D eigenvalue weighted by Gasteiger charge is -2.40. The molecule has 0 amide bonds. The molecular weight excluding hydrogens is 795 g/mol. The fourth-order valence-electron chi connectivity index (χ4n) is 11.4. The highest BCUT2D eigenvalue weighted by atomic mass is 15.3. The van der Waals surface area contributed by atoms with Crippen molar-refractivity contribution in [3.63, 3.8) is 0 Å². The van der Waals surface area contributed by atoms with Crippen molar-refractivity contribution in [2.45, 2.75) is 394 Å². The monoisotopic (exact) mass is 929 g/mol. The topological polar surface area (TPSA) is 0 Å². The van der Waals surface area contributed by atoms with Crippen LogP contribution in [0.5, 0.6) is 0 Å². The van der Waals surface area contributed by atoms with E-state index in [1.165, 1.54) is 397 Å². The summed E-state index contributed by atoms with van der Waals surface area (Å²) in [4.78, 5) is 0. The Bertz CT molecular complexity index is 735. The van der Waals surface area contributed by atoms with Crippen molar-refractivity contribution in [3.8, 4) is 0 Å². The molecule has 0 bridgehead atoms. The molecule has 398 valence electrons. The zero-order valence-electron chi connectivity index (χ0n) is 47.6. The van der Waals surface area contributed by atoms with Crippen molar-refractivity contribution < 1.29 is 4.48 Å². The Balaban J connectivity index is 4.92. The van der Waals surface area contributed by atoms with E-state index in [0.29, 0.717) is 0 Å². The summed E-state index contributed by atoms with van der Waals surface area (Å²) in [5.41, 5.74) is 0. The van der Waals surface area contributed by atoms with E-state index in [-0.39, 0.29) is 0 Å². The molecule has 0 spiro atoms. The van der Waals surface area contributed by atoms with Gasteiger partial charge in [-0.15, -0.1) is 0 Å². The molecule has 0 saturated carbocycles. The summed E-state index contributed by atoms with van der Waals surface area (Å²) >= 11 is 0. The Morgan fingerprint density at radius 1 is 0.121 bits per heavy atom. The van der Waals surface area contributed by atoms with Crippen LogP contribution in [-0.4, -0.2) is 30.7 Å². The zero-order chi connectivity index (χ0) is 47.6. The van der Waals surface area contributed by atoms with Gasteiger partial charge < -0.3 is 4.48 Å². The van der Waals surface area contributed by atoms with Crippen molar-refractivity contribution in [1.82, 2.24) is 0 Å². The Morgan fingerprint density at radius 3 is 0.318 bits per heavy atom. The zero-order valence-corrected chi connectivity index (χ0v) is 47.6. The van der Waals surface area contributed by atoms with E-state index in [9.17, 15) is 0 Å². The lowest BCUT2D eigenvalue weighted by Crippen LogP contribution is -2.50. The van der Waals surface area contributed by atoms with Crippen LogP contribution in [0, 0.1) is 0 Å². The number of quaternary nitrogens is 1. The second-order valence-corrected chi connectivity index (χ2v) is 23.0. The minimum absolute atomic E-state index is 1.37. The van der Waals surface area contributed by atoms with Gasteiger partial charge in [-0.25, -0.2) is 0 Å². The number of hydrogen-bond donors (Lipinski definition) is 0. The molecule has 0 radical (unpaired) electrons. The van der Waals surface area contributed by atoms with Crippen LogP contribution >= 0.6 is 0 Å². The van der Waals surface area contributed by atoms with Crippen molar-refractivity contribution in [2.75, 3.05) is 26.2 Å². The van der Waals surface area contributed by atoms with Crippen LogP contribution in [0.15, 0.2) is 0 Å². The molecule has 0 N–H and O–H groups in total. The quantitative estimate of drug-likeness (QED) is 0.0421. The first-order chi connectivity index (χ1) is 32.7. The molecule has 0 unspecified atom stereocenters. The molecule has 1 nitrogen and oxygen atoms in total. The van der Waals surface area contributed by atoms with E-state index in [1.807, 2.05) is 0 Å². The average molecular weight is 930 g/mol. The molecule has 0 aromatic rings. The highest BCUT2D eigenvalue weighted by Gasteiger charge is 2.26. The molecule has 0 heterocycles. The van der Waals surface area contributed by atoms with Crippen LogP contribution < -0.4 is 0 Å². The third-order valence-electron chi connectivity index (χ3n) is 16.2. The van der Waals surface area contributed by atoms with E-state index in [0.717, 1.165) is 0 Å². The number of nitrogens with zero attached hydrogens (tertiary/aromatic N) is 1. The summed E-state index contributed by atoms with van der Waals surface area (Å²) < 4.78 is 1.49. The van der Waals surface area contributed by atoms with E-state index in [1.54, 1.807) is 0 Å². The van der Waals surface area contributed by atoms with Gasteiger partial charge in [-0.3, -0.25) is 0 Å². The molecule has 0 aromatic carbocycles. The Morgan fingerprint density at radius 2 is 0.212 bits per heavy atom. The van der Waals surface area contributed by atoms with Gasteiger partial charge >= 0.3 is 0 Å². The summed E-state index contributed by atoms with van der Waals surface area (Å²) in [7, 11) is 0. The molecule has 0 aromatic heterocycles. The van der Waals surface area contributed by atoms with Crippen molar-refractivity contribution in [1.29, 1.82) is 0 Å². The molecule has 0 rings (SSSR count). The molecular formula is C65H134N+. The molecule has 0 atom stereocenters. The lowest BCUT2D eigenvalue weighted by molar-refractivity contribution is -0.929. The highest BCUT2D eigenvalue weighted by Crippen LogP contribution is 2.23. The van der Waals surface area contributed by atoms with Crippen molar-refractivity contribution >= 4 is 0 Å². The first kappa shape index (κ1) is 66.0. The first-order valence-electron chi connectivity index (χ1n) is 32.6. The minimum Gasteiger partial charge on any atom is -0.324 e. The fraction of sp³-hybridized carbons (Fsp3) is 1.00. The summed E-state index contributed by atoms with van der Waals surface area (Å²) in [6.07, 6.45) is 84.2. The normalized spacial score (nSPS) is 12.0. The van der Waals surface area contributed by atoms with Gasteiger partial charge in [-0.05, 0) is 51.4 Å². The van der Waals surface area contributed by atoms with Crippen LogP contribution in [0.2, 0.25) is 0 Å². The number of hydrogen-bond acceptors (Lipinski definition) is 0. The van der Waals surface area contributed by atoms with E-state index in [2.05, 4.69) is 27.7 Å². The van der Waals surface area contributed by atoms with Crippen molar-refractivity contribution in [2.24, 2.45) is 0 Å². The van der Waals surface area contributed by atoms with Gasteiger partial charge in [0.1, 0.15) is 0 Å². The largest absolute Gasteiger partial charge is 0.324 e. The predicted molar refractivity (Wildman–Crippen MR) is 306 cm³/mol. The van der Waals surface area contributed by atoms with E-state index >= 15 is 0 Å². The van der Waals surface area contributed by atoms with Crippen LogP contribution in [0.3, 0.4) is 0 Å². The predicted octanol–water partition coefficient (Wildman–Crippen LogP) is 24.1. The summed E-state index contributed by atoms with van der Waals surface area (Å²) in [5, 5.41) is 0. The molecule has 0 fully saturated rings. The van der Waals surface area contributed by atoms with Crippen LogP contribution in [0.25, 0.3) is 0 Å². The minimum atomic E-state index is 1.37. The smallest absolute Gasteiger partial charge is 0.0786 e. The Kier molecular flexibility index (Phi) is 59.2. The summed E-state index contributed by atoms with van der Waals surface area (Å²) in [6, 6.07) is 0. The van der Waals surface area contributed by atoms with E-state index < -0.39 is 0 Å². The van der Waals surface area contributed by atoms with Gasteiger partial charge in [0.25, 0.3) is 0 Å². The maximum Gasteiger partial charge on any atom is 0.0786 e. The Labute approximate surface area is 422 Å². The fourth-order valence-corrected chi connectivity index (χ4v) is 11.4. The second-order valence-electron chi connectivity index (χ2n) is 23.0. The number of rotatable bonds is 61. The molecule has 0 saturated heterocycles. The molecule has 1 heteroatoms. The molecule has 0 aliphatic carbocycles. The van der Waals surface area contributed by atoms with Gasteiger partial charge in [0.2, 0.25) is 0 Å². The summed E-state index contributed by atoms with van der Waals surface area (Å²) in [6.45, 7) is 15.3. The summed E-state index contributed by atoms with van der Waals surface area (Å²) in [5.74, 6) is 0. The SMILES string of the molecule is CCCCCCCCCCCCCCCCC[N+](CCCCCCCCCCCCCC)(CCCCCCCCCCCCCCCCC)CCCCCCCCCCCCCCCCC. The maximum absolute atomic E-state index is 2.34. The van der Waals surface area contributed by atoms with Crippen LogP contribution in [-0.2, 0) is 0 Å². The third kappa shape index (κ3) is 53.3. The second kappa shape index (κ2) is 59.3. The molecule has 0 aliphatic heterocycles. The standard InChI is InChI=1S/C65H134N/c1-5-9-13-17-21-25-29-33-36-39-43-47-51-55-59-63-66(62-58-54-50-46-42-32-28-24-20-16-12-8-4,64-60-56-52-48-44-40-37-34-30-26-22-18-14-10-6-2)65-61-57-53-49-45-41-38-35-31-27-23-19-15-11-7-3/h5-65H2,1-4H3/q+1. The van der Waals surface area contributed by atoms with Crippen LogP contribution in [0.4, 0.5) is 0 Å². The van der Waals surface area contributed by atoms with Gasteiger partial charge in [0, 0.05) is 0 Å². The van der Waals surface area contributed by atoms with Crippen molar-refractivity contribution in [3.05, 3.63) is 0 Å². The van der Waals surface area contributed by atoms with Gasteiger partial charge in [-0.2, -0.15) is 0 Å². The Hall–Kier alpha value is -0.0400. The lowest BCUT2D eigenvalue weighted by atomic mass is 10.0. The average Bonchev–Trinajstić information content (AvgIpc) is 3.33. The molecule has 66 heavy (non-hydrogen) atoms. The first-order valence-corrected chi connectivity index (χ1v) is 32.6. The third-order valence-corrected chi connectivity index (χ3v) is 16.2. The number of unbranched alkanes of at least 4 members (excludes halogenated alkanes) is 53. The van der Waals surface area contributed by atoms with Gasteiger partial charge in [-0.1, -0.05) is 342 Å². The van der Waals surface area contributed by atoms with Gasteiger partial charge in [0.15, 0.2) is 0 Å². The van der Waals surface area contributed by atoms with Gasteiger partial charge in [0.05, 0.1) is 26.2 Å². The molecule has 0 aliphatic rings. The maximum atomic E-state index is 2.34. The highest BCUT2D eigenvalue weighted by molar-refractivity contribution is 4.58. The van der Waals surface area contributed by atoms with Crippen LogP contribution in [0.1, 0.15) is 394 Å². The van der Waals surface area contributed by atoms with E-state index in [4.69, 9.17) is 0 Å².